The molecule has 1 N–H and O–H groups in total. The van der Waals surface area contributed by atoms with Crippen LogP contribution in [0.2, 0.25) is 0 Å². The molecular formula is C18H19NO6S. The Morgan fingerprint density at radius 1 is 0.769 bits per heavy atom. The molecule has 2 aromatic carbocycles. The van der Waals surface area contributed by atoms with Crippen molar-refractivity contribution in [1.29, 1.82) is 0 Å². The summed E-state index contributed by atoms with van der Waals surface area (Å²) in [5.74, 6) is 2.43. The zero-order valence-electron chi connectivity index (χ0n) is 14.1. The minimum Gasteiger partial charge on any atom is -0.486 e. The Bertz CT molecular complexity index is 912. The van der Waals surface area contributed by atoms with Gasteiger partial charge >= 0.3 is 0 Å². The number of hydrogen-bond donors (Lipinski definition) is 1. The van der Waals surface area contributed by atoms with Crippen LogP contribution >= 0.6 is 0 Å². The largest absolute Gasteiger partial charge is 0.486 e. The van der Waals surface area contributed by atoms with E-state index >= 15 is 0 Å². The third-order valence-electron chi connectivity index (χ3n) is 4.14. The van der Waals surface area contributed by atoms with Gasteiger partial charge in [-0.2, -0.15) is 0 Å². The van der Waals surface area contributed by atoms with Crippen molar-refractivity contribution >= 4 is 10.0 Å². The highest BCUT2D eigenvalue weighted by atomic mass is 32.2. The minimum atomic E-state index is -3.62. The Hall–Kier alpha value is -2.45. The smallest absolute Gasteiger partial charge is 0.240 e. The fourth-order valence-corrected chi connectivity index (χ4v) is 3.89. The van der Waals surface area contributed by atoms with E-state index in [9.17, 15) is 8.42 Å². The molecule has 2 heterocycles. The average Bonchev–Trinajstić information content (AvgIpc) is 2.67. The number of fused-ring (bicyclic) bond motifs is 2. The second kappa shape index (κ2) is 7.05. The van der Waals surface area contributed by atoms with Crippen molar-refractivity contribution in [3.05, 3.63) is 42.0 Å². The second-order valence-corrected chi connectivity index (χ2v) is 7.70. The molecule has 0 fully saturated rings. The summed E-state index contributed by atoms with van der Waals surface area (Å²) in [5.41, 5.74) is 0.971. The van der Waals surface area contributed by atoms with Gasteiger partial charge in [-0.05, 0) is 36.2 Å². The van der Waals surface area contributed by atoms with E-state index in [1.54, 1.807) is 6.07 Å². The van der Waals surface area contributed by atoms with Gasteiger partial charge in [-0.15, -0.1) is 0 Å². The number of ether oxygens (including phenoxy) is 4. The normalized spacial score (nSPS) is 15.5. The van der Waals surface area contributed by atoms with E-state index in [1.165, 1.54) is 12.1 Å². The van der Waals surface area contributed by atoms with Crippen LogP contribution in [0.4, 0.5) is 0 Å². The predicted molar refractivity (Wildman–Crippen MR) is 93.8 cm³/mol. The first-order valence-electron chi connectivity index (χ1n) is 8.40. The van der Waals surface area contributed by atoms with Gasteiger partial charge in [-0.3, -0.25) is 0 Å². The first-order chi connectivity index (χ1) is 12.6. The molecule has 0 aliphatic carbocycles. The van der Waals surface area contributed by atoms with E-state index in [-0.39, 0.29) is 11.4 Å². The number of hydrogen-bond acceptors (Lipinski definition) is 6. The summed E-state index contributed by atoms with van der Waals surface area (Å²) < 4.78 is 49.5. The van der Waals surface area contributed by atoms with E-state index in [0.717, 1.165) is 11.3 Å². The van der Waals surface area contributed by atoms with E-state index < -0.39 is 10.0 Å². The number of benzene rings is 2. The molecule has 4 rings (SSSR count). The van der Waals surface area contributed by atoms with E-state index in [4.69, 9.17) is 18.9 Å². The summed E-state index contributed by atoms with van der Waals surface area (Å²) in [6.45, 7) is 2.21. The van der Waals surface area contributed by atoms with Gasteiger partial charge < -0.3 is 18.9 Å². The zero-order valence-corrected chi connectivity index (χ0v) is 14.9. The molecule has 0 saturated heterocycles. The second-order valence-electron chi connectivity index (χ2n) is 5.93. The summed E-state index contributed by atoms with van der Waals surface area (Å²) in [7, 11) is -3.62. The van der Waals surface area contributed by atoms with Gasteiger partial charge in [0.25, 0.3) is 0 Å². The molecule has 7 nitrogen and oxygen atoms in total. The molecule has 0 saturated carbocycles. The Labute approximate surface area is 151 Å². The van der Waals surface area contributed by atoms with E-state index in [2.05, 4.69) is 4.72 Å². The Kier molecular flexibility index (Phi) is 4.60. The number of rotatable bonds is 5. The van der Waals surface area contributed by atoms with Crippen LogP contribution in [0.15, 0.2) is 41.3 Å². The lowest BCUT2D eigenvalue weighted by Crippen LogP contribution is -2.26. The topological polar surface area (TPSA) is 83.1 Å². The first kappa shape index (κ1) is 17.0. The van der Waals surface area contributed by atoms with Crippen molar-refractivity contribution in [2.45, 2.75) is 11.3 Å². The lowest BCUT2D eigenvalue weighted by atomic mass is 10.1. The molecule has 0 unspecified atom stereocenters. The van der Waals surface area contributed by atoms with Gasteiger partial charge in [0.1, 0.15) is 26.4 Å². The van der Waals surface area contributed by atoms with Gasteiger partial charge in [0.15, 0.2) is 23.0 Å². The molecule has 0 atom stereocenters. The van der Waals surface area contributed by atoms with Crippen LogP contribution in [-0.4, -0.2) is 41.4 Å². The fraction of sp³-hybridized carbons (Fsp3) is 0.333. The molecule has 0 bridgehead atoms. The average molecular weight is 377 g/mol. The SMILES string of the molecule is O=S(=O)(NCCc1ccc2c(c1)OCCO2)c1ccc2c(c1)OCCO2. The molecular weight excluding hydrogens is 358 g/mol. The summed E-state index contributed by atoms with van der Waals surface area (Å²) in [6, 6.07) is 10.3. The molecule has 138 valence electrons. The standard InChI is InChI=1S/C18H19NO6S/c20-26(21,14-2-4-16-18(12-14)25-10-8-23-16)19-6-5-13-1-3-15-17(11-13)24-9-7-22-15/h1-4,11-12,19H,5-10H2. The number of nitrogens with one attached hydrogen (secondary N) is 1. The zero-order chi connectivity index (χ0) is 18.0. The Morgan fingerprint density at radius 3 is 2.04 bits per heavy atom. The molecule has 8 heteroatoms. The van der Waals surface area contributed by atoms with Gasteiger partial charge in [-0.25, -0.2) is 13.1 Å². The van der Waals surface area contributed by atoms with Gasteiger partial charge in [-0.1, -0.05) is 6.07 Å². The Morgan fingerprint density at radius 2 is 1.35 bits per heavy atom. The van der Waals surface area contributed by atoms with Crippen molar-refractivity contribution in [3.63, 3.8) is 0 Å². The highest BCUT2D eigenvalue weighted by Gasteiger charge is 2.19. The maximum absolute atomic E-state index is 12.5. The molecule has 26 heavy (non-hydrogen) atoms. The monoisotopic (exact) mass is 377 g/mol. The molecule has 0 amide bonds. The highest BCUT2D eigenvalue weighted by molar-refractivity contribution is 7.89. The first-order valence-corrected chi connectivity index (χ1v) is 9.88. The van der Waals surface area contributed by atoms with Crippen molar-refractivity contribution in [3.8, 4) is 23.0 Å². The van der Waals surface area contributed by atoms with Crippen molar-refractivity contribution in [2.24, 2.45) is 0 Å². The van der Waals surface area contributed by atoms with Crippen molar-refractivity contribution < 1.29 is 27.4 Å². The van der Waals surface area contributed by atoms with Crippen LogP contribution in [0.5, 0.6) is 23.0 Å². The van der Waals surface area contributed by atoms with Crippen molar-refractivity contribution in [2.75, 3.05) is 33.0 Å². The molecule has 0 spiro atoms. The summed E-state index contributed by atoms with van der Waals surface area (Å²) in [6.07, 6.45) is 0.542. The predicted octanol–water partition coefficient (Wildman–Crippen LogP) is 1.75. The van der Waals surface area contributed by atoms with Gasteiger partial charge in [0.05, 0.1) is 4.90 Å². The van der Waals surface area contributed by atoms with Crippen LogP contribution in [0.3, 0.4) is 0 Å². The lowest BCUT2D eigenvalue weighted by molar-refractivity contribution is 0.171. The summed E-state index contributed by atoms with van der Waals surface area (Å²) >= 11 is 0. The summed E-state index contributed by atoms with van der Waals surface area (Å²) in [4.78, 5) is 0.156. The van der Waals surface area contributed by atoms with Crippen LogP contribution in [-0.2, 0) is 16.4 Å². The molecule has 2 aliphatic rings. The molecule has 2 aliphatic heterocycles. The third kappa shape index (κ3) is 3.56. The van der Waals surface area contributed by atoms with Crippen molar-refractivity contribution in [1.82, 2.24) is 4.72 Å². The van der Waals surface area contributed by atoms with Gasteiger partial charge in [0, 0.05) is 12.6 Å². The fourth-order valence-electron chi connectivity index (χ4n) is 2.85. The van der Waals surface area contributed by atoms with Crippen LogP contribution in [0.25, 0.3) is 0 Å². The van der Waals surface area contributed by atoms with Crippen LogP contribution < -0.4 is 23.7 Å². The molecule has 0 aromatic heterocycles. The minimum absolute atomic E-state index is 0.156. The van der Waals surface area contributed by atoms with Crippen LogP contribution in [0.1, 0.15) is 5.56 Å². The molecule has 2 aromatic rings. The highest BCUT2D eigenvalue weighted by Crippen LogP contribution is 2.32. The molecule has 0 radical (unpaired) electrons. The maximum Gasteiger partial charge on any atom is 0.240 e. The maximum atomic E-state index is 12.5. The van der Waals surface area contributed by atoms with E-state index in [0.29, 0.717) is 50.1 Å². The van der Waals surface area contributed by atoms with Crippen LogP contribution in [0, 0.1) is 0 Å². The van der Waals surface area contributed by atoms with E-state index in [1.807, 2.05) is 18.2 Å². The summed E-state index contributed by atoms with van der Waals surface area (Å²) in [5, 5.41) is 0. The third-order valence-corrected chi connectivity index (χ3v) is 5.59. The lowest BCUT2D eigenvalue weighted by Gasteiger charge is -2.19. The number of sulfonamides is 1. The Balaban J connectivity index is 1.41. The quantitative estimate of drug-likeness (QED) is 0.855. The van der Waals surface area contributed by atoms with Gasteiger partial charge in [0.2, 0.25) is 10.0 Å².